The Morgan fingerprint density at radius 2 is 1.86 bits per heavy atom. The quantitative estimate of drug-likeness (QED) is 0.307. The van der Waals surface area contributed by atoms with Crippen molar-refractivity contribution in [1.82, 2.24) is 14.8 Å². The Morgan fingerprint density at radius 3 is 2.54 bits per heavy atom. The van der Waals surface area contributed by atoms with Crippen LogP contribution in [-0.2, 0) is 21.4 Å². The molecule has 0 unspecified atom stereocenters. The van der Waals surface area contributed by atoms with Gasteiger partial charge in [-0.3, -0.25) is 14.1 Å². The molecule has 0 saturated carbocycles. The molecular formula is C23H23N5O5S2. The highest BCUT2D eigenvalue weighted by Gasteiger charge is 2.18. The monoisotopic (exact) mass is 513 g/mol. The number of nitrogens with zero attached hydrogens (tertiary/aromatic N) is 3. The van der Waals surface area contributed by atoms with E-state index in [2.05, 4.69) is 20.2 Å². The average molecular weight is 514 g/mol. The van der Waals surface area contributed by atoms with E-state index in [-0.39, 0.29) is 11.7 Å². The Kier molecular flexibility index (Phi) is 7.42. The van der Waals surface area contributed by atoms with E-state index < -0.39 is 10.0 Å². The maximum absolute atomic E-state index is 12.6. The number of nitrogens with one attached hydrogen (secondary N) is 2. The van der Waals surface area contributed by atoms with Crippen LogP contribution in [0.1, 0.15) is 5.76 Å². The summed E-state index contributed by atoms with van der Waals surface area (Å²) >= 11 is 1.24. The average Bonchev–Trinajstić information content (AvgIpc) is 3.48. The molecule has 4 rings (SSSR count). The van der Waals surface area contributed by atoms with Gasteiger partial charge in [-0.1, -0.05) is 23.9 Å². The van der Waals surface area contributed by atoms with Gasteiger partial charge in [-0.15, -0.1) is 10.2 Å². The maximum Gasteiger partial charge on any atom is 0.234 e. The van der Waals surface area contributed by atoms with E-state index in [0.717, 1.165) is 11.8 Å². The zero-order chi connectivity index (χ0) is 24.8. The lowest BCUT2D eigenvalue weighted by Gasteiger charge is -2.11. The fourth-order valence-electron chi connectivity index (χ4n) is 3.28. The molecule has 0 aliphatic rings. The second-order valence-electron chi connectivity index (χ2n) is 7.46. The Hall–Kier alpha value is -3.77. The fourth-order valence-corrected chi connectivity index (χ4v) is 4.58. The third-order valence-electron chi connectivity index (χ3n) is 4.77. The topological polar surface area (TPSA) is 128 Å². The normalized spacial score (nSPS) is 11.3. The van der Waals surface area contributed by atoms with Gasteiger partial charge in [0.1, 0.15) is 11.5 Å². The van der Waals surface area contributed by atoms with Crippen molar-refractivity contribution < 1.29 is 22.4 Å². The highest BCUT2D eigenvalue weighted by molar-refractivity contribution is 7.99. The summed E-state index contributed by atoms with van der Waals surface area (Å²) in [5.41, 5.74) is 1.76. The predicted molar refractivity (Wildman–Crippen MR) is 134 cm³/mol. The number of aromatic nitrogens is 3. The summed E-state index contributed by atoms with van der Waals surface area (Å²) in [5.74, 6) is 1.71. The highest BCUT2D eigenvalue weighted by Crippen LogP contribution is 2.28. The lowest BCUT2D eigenvalue weighted by atomic mass is 10.2. The highest BCUT2D eigenvalue weighted by atomic mass is 32.2. The molecule has 0 saturated heterocycles. The van der Waals surface area contributed by atoms with Crippen LogP contribution in [-0.4, -0.2) is 48.2 Å². The van der Waals surface area contributed by atoms with Crippen molar-refractivity contribution in [2.24, 2.45) is 0 Å². The smallest absolute Gasteiger partial charge is 0.234 e. The van der Waals surface area contributed by atoms with E-state index in [1.54, 1.807) is 55.8 Å². The van der Waals surface area contributed by atoms with Crippen LogP contribution in [0.5, 0.6) is 5.75 Å². The number of thioether (sulfide) groups is 1. The number of para-hydroxylation sites is 2. The Balaban J connectivity index is 1.54. The third kappa shape index (κ3) is 6.43. The van der Waals surface area contributed by atoms with Gasteiger partial charge in [0.15, 0.2) is 11.0 Å². The summed E-state index contributed by atoms with van der Waals surface area (Å²) < 4.78 is 38.0. The maximum atomic E-state index is 12.6. The van der Waals surface area contributed by atoms with Crippen LogP contribution >= 0.6 is 11.8 Å². The van der Waals surface area contributed by atoms with Crippen molar-refractivity contribution in [3.05, 3.63) is 72.7 Å². The van der Waals surface area contributed by atoms with Crippen molar-refractivity contribution in [2.75, 3.05) is 29.2 Å². The van der Waals surface area contributed by atoms with E-state index in [4.69, 9.17) is 9.15 Å². The number of anilines is 2. The molecule has 1 amide bonds. The van der Waals surface area contributed by atoms with Crippen molar-refractivity contribution in [2.45, 2.75) is 11.7 Å². The van der Waals surface area contributed by atoms with E-state index in [1.807, 2.05) is 22.8 Å². The summed E-state index contributed by atoms with van der Waals surface area (Å²) in [5, 5.41) is 12.0. The van der Waals surface area contributed by atoms with Gasteiger partial charge in [-0.05, 0) is 48.5 Å². The molecule has 35 heavy (non-hydrogen) atoms. The van der Waals surface area contributed by atoms with E-state index >= 15 is 0 Å². The fraction of sp³-hybridized carbons (Fsp3) is 0.174. The van der Waals surface area contributed by atoms with Crippen LogP contribution in [0.25, 0.3) is 11.4 Å². The van der Waals surface area contributed by atoms with Crippen LogP contribution in [0.15, 0.2) is 76.5 Å². The lowest BCUT2D eigenvalue weighted by Crippen LogP contribution is -2.15. The van der Waals surface area contributed by atoms with Gasteiger partial charge in [-0.25, -0.2) is 8.42 Å². The van der Waals surface area contributed by atoms with Gasteiger partial charge >= 0.3 is 0 Å². The number of ether oxygens (including phenoxy) is 1. The molecule has 2 N–H and O–H groups in total. The van der Waals surface area contributed by atoms with E-state index in [9.17, 15) is 13.2 Å². The molecule has 0 aliphatic heterocycles. The molecule has 2 aromatic heterocycles. The first-order valence-corrected chi connectivity index (χ1v) is 13.3. The number of amides is 1. The predicted octanol–water partition coefficient (Wildman–Crippen LogP) is 3.70. The molecule has 0 fully saturated rings. The number of furan rings is 1. The number of sulfonamides is 1. The lowest BCUT2D eigenvalue weighted by molar-refractivity contribution is -0.113. The molecule has 2 aromatic carbocycles. The van der Waals surface area contributed by atoms with E-state index in [1.165, 1.54) is 11.8 Å². The molecule has 2 heterocycles. The van der Waals surface area contributed by atoms with Crippen LogP contribution < -0.4 is 14.8 Å². The van der Waals surface area contributed by atoms with Gasteiger partial charge < -0.3 is 14.5 Å². The summed E-state index contributed by atoms with van der Waals surface area (Å²) in [7, 11) is -1.84. The zero-order valence-corrected chi connectivity index (χ0v) is 20.6. The minimum atomic E-state index is -3.38. The molecule has 0 atom stereocenters. The molecule has 0 radical (unpaired) electrons. The minimum Gasteiger partial charge on any atom is -0.495 e. The molecule has 4 aromatic rings. The SMILES string of the molecule is COc1ccccc1NC(=O)CSc1nnc(-c2ccc(NS(C)(=O)=O)cc2)n1Cc1ccco1. The largest absolute Gasteiger partial charge is 0.495 e. The van der Waals surface area contributed by atoms with Gasteiger partial charge in [0.2, 0.25) is 15.9 Å². The second kappa shape index (κ2) is 10.7. The molecule has 0 aliphatic carbocycles. The minimum absolute atomic E-state index is 0.103. The second-order valence-corrected chi connectivity index (χ2v) is 10.2. The number of methoxy groups -OCH3 is 1. The van der Waals surface area contributed by atoms with Crippen LogP contribution in [0.4, 0.5) is 11.4 Å². The molecule has 12 heteroatoms. The molecule has 0 bridgehead atoms. The summed E-state index contributed by atoms with van der Waals surface area (Å²) in [6.45, 7) is 0.356. The first-order chi connectivity index (χ1) is 16.8. The molecule has 182 valence electrons. The standard InChI is InChI=1S/C23H23N5O5S2/c1-32-20-8-4-3-7-19(20)24-21(29)15-34-23-26-25-22(28(23)14-18-6-5-13-33-18)16-9-11-17(12-10-16)27-35(2,30)31/h3-13,27H,14-15H2,1-2H3,(H,24,29). The molecule has 0 spiro atoms. The third-order valence-corrected chi connectivity index (χ3v) is 6.34. The van der Waals surface area contributed by atoms with Gasteiger partial charge in [0.05, 0.1) is 37.6 Å². The zero-order valence-electron chi connectivity index (χ0n) is 19.0. The van der Waals surface area contributed by atoms with Crippen LogP contribution in [0, 0.1) is 0 Å². The number of hydrogen-bond acceptors (Lipinski definition) is 8. The first kappa shape index (κ1) is 24.4. The van der Waals surface area contributed by atoms with Crippen molar-refractivity contribution in [3.63, 3.8) is 0 Å². The van der Waals surface area contributed by atoms with Crippen LogP contribution in [0.2, 0.25) is 0 Å². The van der Waals surface area contributed by atoms with Gasteiger partial charge in [0, 0.05) is 11.3 Å². The number of carbonyl (C=O) groups excluding carboxylic acids is 1. The summed E-state index contributed by atoms with van der Waals surface area (Å²) in [4.78, 5) is 12.6. The number of hydrogen-bond donors (Lipinski definition) is 2. The van der Waals surface area contributed by atoms with Gasteiger partial charge in [-0.2, -0.15) is 0 Å². The Bertz CT molecular complexity index is 1400. The van der Waals surface area contributed by atoms with Crippen molar-refractivity contribution >= 4 is 39.1 Å². The van der Waals surface area contributed by atoms with Gasteiger partial charge in [0.25, 0.3) is 0 Å². The first-order valence-electron chi connectivity index (χ1n) is 10.4. The number of benzene rings is 2. The molecule has 10 nitrogen and oxygen atoms in total. The summed E-state index contributed by atoms with van der Waals surface area (Å²) in [6, 6.07) is 17.6. The van der Waals surface area contributed by atoms with Crippen molar-refractivity contribution in [3.8, 4) is 17.1 Å². The Morgan fingerprint density at radius 1 is 1.09 bits per heavy atom. The number of rotatable bonds is 10. The number of carbonyl (C=O) groups is 1. The summed E-state index contributed by atoms with van der Waals surface area (Å²) in [6.07, 6.45) is 2.67. The Labute approximate surface area is 206 Å². The van der Waals surface area contributed by atoms with Crippen LogP contribution in [0.3, 0.4) is 0 Å². The molecular weight excluding hydrogens is 490 g/mol. The van der Waals surface area contributed by atoms with Crippen molar-refractivity contribution in [1.29, 1.82) is 0 Å². The van der Waals surface area contributed by atoms with E-state index in [0.29, 0.717) is 40.4 Å².